The maximum atomic E-state index is 9.66. The molecule has 0 fully saturated rings. The molecule has 0 aliphatic carbocycles. The van der Waals surface area contributed by atoms with Crippen LogP contribution >= 0.6 is 0 Å². The largest absolute Gasteiger partial charge is 0.218 e. The van der Waals surface area contributed by atoms with E-state index in [9.17, 15) is 10.1 Å². The van der Waals surface area contributed by atoms with Gasteiger partial charge >= 0.3 is 0 Å². The normalized spacial score (nSPS) is 10.0. The Bertz CT molecular complexity index is 284. The molecule has 0 unspecified atom stereocenters. The molecule has 0 radical (unpaired) electrons. The fourth-order valence-corrected chi connectivity index (χ4v) is 0.662. The van der Waals surface area contributed by atoms with Gasteiger partial charge in [0.1, 0.15) is 0 Å². The second-order valence-corrected chi connectivity index (χ2v) is 1.95. The molecule has 0 aliphatic heterocycles. The molecule has 0 heterocycles. The molecular weight excluding hydrogens is 160 g/mol. The van der Waals surface area contributed by atoms with Crippen molar-refractivity contribution in [2.45, 2.75) is 0 Å². The molecule has 0 N–H and O–H groups in total. The number of rotatable bonds is 3. The van der Waals surface area contributed by atoms with E-state index in [1.807, 2.05) is 6.07 Å². The van der Waals surface area contributed by atoms with Crippen LogP contribution in [0.5, 0.6) is 0 Å². The van der Waals surface area contributed by atoms with Gasteiger partial charge in [-0.15, -0.1) is 0 Å². The Morgan fingerprint density at radius 2 is 2.08 bits per heavy atom. The Morgan fingerprint density at radius 3 is 2.67 bits per heavy atom. The molecule has 5 heteroatoms. The van der Waals surface area contributed by atoms with Crippen LogP contribution in [0.4, 0.5) is 0 Å². The lowest BCUT2D eigenvalue weighted by Gasteiger charge is -1.86. The smallest absolute Gasteiger partial charge is 0.178 e. The lowest BCUT2D eigenvalue weighted by Crippen LogP contribution is -1.93. The highest BCUT2D eigenvalue weighted by molar-refractivity contribution is 5.78. The van der Waals surface area contributed by atoms with Crippen LogP contribution in [-0.2, 0) is 4.94 Å². The summed E-state index contributed by atoms with van der Waals surface area (Å²) >= 11 is 0. The van der Waals surface area contributed by atoms with Gasteiger partial charge in [-0.2, -0.15) is 4.94 Å². The molecule has 0 amide bonds. The predicted molar refractivity (Wildman–Crippen MR) is 42.1 cm³/mol. The van der Waals surface area contributed by atoms with Crippen LogP contribution in [0.25, 0.3) is 0 Å². The van der Waals surface area contributed by atoms with Crippen LogP contribution < -0.4 is 0 Å². The molecule has 0 bridgehead atoms. The summed E-state index contributed by atoms with van der Waals surface area (Å²) in [7, 11) is 0. The van der Waals surface area contributed by atoms with Crippen molar-refractivity contribution >= 4 is 6.21 Å². The Morgan fingerprint density at radius 1 is 1.42 bits per heavy atom. The number of hydrogen-bond donors (Lipinski definition) is 0. The second-order valence-electron chi connectivity index (χ2n) is 1.95. The maximum Gasteiger partial charge on any atom is 0.178 e. The first kappa shape index (κ1) is 8.19. The highest BCUT2D eigenvalue weighted by atomic mass is 17.0. The molecule has 1 aromatic carbocycles. The summed E-state index contributed by atoms with van der Waals surface area (Å²) in [5, 5.41) is 11.8. The molecular formula is C7H6N2O3. The van der Waals surface area contributed by atoms with Gasteiger partial charge in [-0.3, -0.25) is 0 Å². The first-order valence-corrected chi connectivity index (χ1v) is 3.19. The first-order chi connectivity index (χ1) is 5.79. The summed E-state index contributed by atoms with van der Waals surface area (Å²) in [4.78, 5) is 13.4. The molecule has 0 spiro atoms. The van der Waals surface area contributed by atoms with E-state index >= 15 is 0 Å². The SMILES string of the molecule is O=[N+]([O-])ON=Cc1ccccc1. The average molecular weight is 166 g/mol. The molecule has 5 nitrogen and oxygen atoms in total. The van der Waals surface area contributed by atoms with Gasteiger partial charge in [0.25, 0.3) is 0 Å². The molecule has 0 aromatic heterocycles. The second kappa shape index (κ2) is 4.07. The summed E-state index contributed by atoms with van der Waals surface area (Å²) in [5.74, 6) is 0. The molecule has 0 aliphatic rings. The number of oxime groups is 1. The van der Waals surface area contributed by atoms with Gasteiger partial charge in [-0.25, -0.2) is 10.1 Å². The Balaban J connectivity index is 2.52. The van der Waals surface area contributed by atoms with E-state index in [0.29, 0.717) is 0 Å². The highest BCUT2D eigenvalue weighted by Crippen LogP contribution is 1.93. The molecule has 12 heavy (non-hydrogen) atoms. The van der Waals surface area contributed by atoms with E-state index in [4.69, 9.17) is 0 Å². The Kier molecular flexibility index (Phi) is 2.78. The van der Waals surface area contributed by atoms with E-state index in [2.05, 4.69) is 10.1 Å². The number of hydrogen-bond acceptors (Lipinski definition) is 4. The maximum absolute atomic E-state index is 9.66. The van der Waals surface area contributed by atoms with E-state index in [1.54, 1.807) is 24.3 Å². The Hall–Kier alpha value is -1.91. The van der Waals surface area contributed by atoms with Crippen LogP contribution in [0, 0.1) is 10.1 Å². The van der Waals surface area contributed by atoms with E-state index < -0.39 is 5.09 Å². The summed E-state index contributed by atoms with van der Waals surface area (Å²) in [6.45, 7) is 0. The number of benzene rings is 1. The van der Waals surface area contributed by atoms with Crippen molar-refractivity contribution in [3.05, 3.63) is 46.0 Å². The van der Waals surface area contributed by atoms with Crippen molar-refractivity contribution in [2.24, 2.45) is 5.16 Å². The summed E-state index contributed by atoms with van der Waals surface area (Å²) < 4.78 is 0. The Labute approximate surface area is 68.4 Å². The topological polar surface area (TPSA) is 64.7 Å². The van der Waals surface area contributed by atoms with Gasteiger partial charge < -0.3 is 0 Å². The molecule has 1 rings (SSSR count). The molecule has 0 saturated heterocycles. The molecule has 0 saturated carbocycles. The van der Waals surface area contributed by atoms with Crippen LogP contribution in [0.3, 0.4) is 0 Å². The fraction of sp³-hybridized carbons (Fsp3) is 0. The minimum absolute atomic E-state index is 0.749. The van der Waals surface area contributed by atoms with Crippen LogP contribution in [0.15, 0.2) is 35.5 Å². The van der Waals surface area contributed by atoms with Crippen molar-refractivity contribution in [3.63, 3.8) is 0 Å². The van der Waals surface area contributed by atoms with Gasteiger partial charge in [-0.1, -0.05) is 30.3 Å². The van der Waals surface area contributed by atoms with Crippen LogP contribution in [0.2, 0.25) is 0 Å². The molecule has 0 atom stereocenters. The van der Waals surface area contributed by atoms with Gasteiger partial charge in [0.05, 0.1) is 5.16 Å². The standard InChI is InChI=1S/C7H6N2O3/c10-9(11)12-8-6-7-4-2-1-3-5-7/h1-6H. The zero-order valence-electron chi connectivity index (χ0n) is 6.08. The van der Waals surface area contributed by atoms with Crippen molar-refractivity contribution in [1.29, 1.82) is 0 Å². The summed E-state index contributed by atoms with van der Waals surface area (Å²) in [6.07, 6.45) is 1.27. The third kappa shape index (κ3) is 2.78. The van der Waals surface area contributed by atoms with Gasteiger partial charge in [0.15, 0.2) is 11.3 Å². The lowest BCUT2D eigenvalue weighted by atomic mass is 10.2. The van der Waals surface area contributed by atoms with E-state index in [0.717, 1.165) is 5.56 Å². The summed E-state index contributed by atoms with van der Waals surface area (Å²) in [5.41, 5.74) is 0.749. The average Bonchev–Trinajstić information content (AvgIpc) is 2.05. The number of nitrogens with zero attached hydrogens (tertiary/aromatic N) is 2. The minimum atomic E-state index is -0.973. The first-order valence-electron chi connectivity index (χ1n) is 3.19. The van der Waals surface area contributed by atoms with Crippen molar-refractivity contribution in [3.8, 4) is 0 Å². The highest BCUT2D eigenvalue weighted by Gasteiger charge is 1.89. The molecule has 62 valence electrons. The fourth-order valence-electron chi connectivity index (χ4n) is 0.662. The van der Waals surface area contributed by atoms with Crippen LogP contribution in [-0.4, -0.2) is 11.3 Å². The zero-order valence-corrected chi connectivity index (χ0v) is 6.08. The van der Waals surface area contributed by atoms with Crippen molar-refractivity contribution in [1.82, 2.24) is 0 Å². The minimum Gasteiger partial charge on any atom is -0.218 e. The van der Waals surface area contributed by atoms with Gasteiger partial charge in [0.2, 0.25) is 0 Å². The predicted octanol–water partition coefficient (Wildman–Crippen LogP) is 1.23. The van der Waals surface area contributed by atoms with Crippen molar-refractivity contribution in [2.75, 3.05) is 0 Å². The zero-order chi connectivity index (χ0) is 8.81. The van der Waals surface area contributed by atoms with Gasteiger partial charge in [0, 0.05) is 5.56 Å². The van der Waals surface area contributed by atoms with Crippen molar-refractivity contribution < 1.29 is 10.0 Å². The van der Waals surface area contributed by atoms with E-state index in [-0.39, 0.29) is 0 Å². The van der Waals surface area contributed by atoms with E-state index in [1.165, 1.54) is 6.21 Å². The van der Waals surface area contributed by atoms with Crippen LogP contribution in [0.1, 0.15) is 5.56 Å². The quantitative estimate of drug-likeness (QED) is 0.385. The lowest BCUT2D eigenvalue weighted by molar-refractivity contribution is -0.759. The third-order valence-corrected chi connectivity index (χ3v) is 1.12. The monoisotopic (exact) mass is 166 g/mol. The molecule has 1 aromatic rings. The third-order valence-electron chi connectivity index (χ3n) is 1.12. The van der Waals surface area contributed by atoms with Gasteiger partial charge in [-0.05, 0) is 0 Å². The summed E-state index contributed by atoms with van der Waals surface area (Å²) in [6, 6.07) is 8.95.